The van der Waals surface area contributed by atoms with E-state index in [-0.39, 0.29) is 11.7 Å². The minimum atomic E-state index is -0.327. The number of amides is 1. The Morgan fingerprint density at radius 2 is 2.20 bits per heavy atom. The highest BCUT2D eigenvalue weighted by Gasteiger charge is 2.12. The number of rotatable bonds is 3. The zero-order valence-electron chi connectivity index (χ0n) is 10.8. The molecular formula is C14H12N4O2. The molecule has 1 aromatic carbocycles. The molecule has 1 amide bonds. The molecule has 3 aromatic rings. The molecule has 100 valence electrons. The van der Waals surface area contributed by atoms with E-state index in [0.29, 0.717) is 11.4 Å². The number of nitrogens with zero attached hydrogens (tertiary/aromatic N) is 2. The minimum absolute atomic E-state index is 0.189. The lowest BCUT2D eigenvalue weighted by molar-refractivity contribution is 0.0988. The summed E-state index contributed by atoms with van der Waals surface area (Å²) in [6, 6.07) is 10.9. The van der Waals surface area contributed by atoms with E-state index in [1.54, 1.807) is 25.3 Å². The average molecular weight is 268 g/mol. The van der Waals surface area contributed by atoms with E-state index in [0.717, 1.165) is 11.3 Å². The van der Waals surface area contributed by atoms with Crippen LogP contribution in [0.2, 0.25) is 0 Å². The lowest BCUT2D eigenvalue weighted by atomic mass is 10.1. The maximum Gasteiger partial charge on any atom is 0.294 e. The first kappa shape index (κ1) is 12.2. The summed E-state index contributed by atoms with van der Waals surface area (Å²) in [6.45, 7) is 1.76. The molecule has 2 aromatic heterocycles. The molecule has 2 N–H and O–H groups in total. The van der Waals surface area contributed by atoms with Gasteiger partial charge in [0.1, 0.15) is 0 Å². The molecule has 0 aliphatic carbocycles. The largest absolute Gasteiger partial charge is 0.351 e. The second-order valence-corrected chi connectivity index (χ2v) is 4.34. The van der Waals surface area contributed by atoms with Gasteiger partial charge in [-0.15, -0.1) is 0 Å². The summed E-state index contributed by atoms with van der Waals surface area (Å²) in [6.07, 6.45) is 1.68. The third-order valence-electron chi connectivity index (χ3n) is 2.78. The Kier molecular flexibility index (Phi) is 3.04. The Labute approximate surface area is 114 Å². The van der Waals surface area contributed by atoms with Gasteiger partial charge in [-0.05, 0) is 25.1 Å². The summed E-state index contributed by atoms with van der Waals surface area (Å²) in [7, 11) is 0. The molecule has 6 heteroatoms. The molecule has 0 atom stereocenters. The zero-order valence-corrected chi connectivity index (χ0v) is 10.8. The van der Waals surface area contributed by atoms with E-state index in [1.807, 2.05) is 24.3 Å². The standard InChI is InChI=1S/C14H12N4O2/c1-9-7-13(20-18-9)14(19)16-11-4-2-3-10(8-11)12-5-6-15-17-12/h2-8H,1H3,(H,15,17)(H,16,19). The first-order valence-electron chi connectivity index (χ1n) is 6.07. The highest BCUT2D eigenvalue weighted by molar-refractivity contribution is 6.02. The molecule has 0 radical (unpaired) electrons. The molecule has 20 heavy (non-hydrogen) atoms. The molecule has 0 saturated carbocycles. The highest BCUT2D eigenvalue weighted by atomic mass is 16.5. The fourth-order valence-electron chi connectivity index (χ4n) is 1.84. The number of carbonyl (C=O) groups excluding carboxylic acids is 1. The van der Waals surface area contributed by atoms with Crippen molar-refractivity contribution in [2.45, 2.75) is 6.92 Å². The molecule has 2 heterocycles. The lowest BCUT2D eigenvalue weighted by Crippen LogP contribution is -2.10. The molecule has 0 fully saturated rings. The third kappa shape index (κ3) is 2.44. The molecule has 3 rings (SSSR count). The van der Waals surface area contributed by atoms with Crippen LogP contribution in [0.25, 0.3) is 11.3 Å². The number of hydrogen-bond donors (Lipinski definition) is 2. The fraction of sp³-hybridized carbons (Fsp3) is 0.0714. The summed E-state index contributed by atoms with van der Waals surface area (Å²) in [5.41, 5.74) is 3.17. The van der Waals surface area contributed by atoms with E-state index in [4.69, 9.17) is 4.52 Å². The van der Waals surface area contributed by atoms with Crippen LogP contribution in [0.5, 0.6) is 0 Å². The van der Waals surface area contributed by atoms with Crippen molar-refractivity contribution in [3.05, 3.63) is 54.0 Å². The number of anilines is 1. The number of aryl methyl sites for hydroxylation is 1. The number of carbonyl (C=O) groups is 1. The number of aromatic amines is 1. The van der Waals surface area contributed by atoms with Gasteiger partial charge in [0.05, 0.1) is 11.4 Å². The van der Waals surface area contributed by atoms with Crippen LogP contribution in [-0.4, -0.2) is 21.3 Å². The van der Waals surface area contributed by atoms with E-state index in [1.165, 1.54) is 0 Å². The van der Waals surface area contributed by atoms with Gasteiger partial charge >= 0.3 is 0 Å². The van der Waals surface area contributed by atoms with Crippen LogP contribution in [0.1, 0.15) is 16.2 Å². The van der Waals surface area contributed by atoms with Crippen LogP contribution in [-0.2, 0) is 0 Å². The topological polar surface area (TPSA) is 83.8 Å². The fourth-order valence-corrected chi connectivity index (χ4v) is 1.84. The maximum absolute atomic E-state index is 12.0. The van der Waals surface area contributed by atoms with Crippen LogP contribution < -0.4 is 5.32 Å². The normalized spacial score (nSPS) is 10.4. The monoisotopic (exact) mass is 268 g/mol. The van der Waals surface area contributed by atoms with Crippen LogP contribution in [0.4, 0.5) is 5.69 Å². The number of benzene rings is 1. The summed E-state index contributed by atoms with van der Waals surface area (Å²) in [4.78, 5) is 12.0. The smallest absolute Gasteiger partial charge is 0.294 e. The highest BCUT2D eigenvalue weighted by Crippen LogP contribution is 2.20. The van der Waals surface area contributed by atoms with Crippen LogP contribution >= 0.6 is 0 Å². The number of nitrogens with one attached hydrogen (secondary N) is 2. The van der Waals surface area contributed by atoms with Gasteiger partial charge in [0.15, 0.2) is 0 Å². The van der Waals surface area contributed by atoms with E-state index >= 15 is 0 Å². The predicted octanol–water partition coefficient (Wildman–Crippen LogP) is 2.63. The second-order valence-electron chi connectivity index (χ2n) is 4.34. The third-order valence-corrected chi connectivity index (χ3v) is 2.78. The summed E-state index contributed by atoms with van der Waals surface area (Å²) < 4.78 is 4.92. The van der Waals surface area contributed by atoms with Gasteiger partial charge in [0.2, 0.25) is 5.76 Å². The summed E-state index contributed by atoms with van der Waals surface area (Å²) in [5, 5.41) is 13.2. The number of hydrogen-bond acceptors (Lipinski definition) is 4. The first-order valence-corrected chi connectivity index (χ1v) is 6.07. The molecule has 6 nitrogen and oxygen atoms in total. The number of H-pyrrole nitrogens is 1. The Morgan fingerprint density at radius 1 is 1.30 bits per heavy atom. The van der Waals surface area contributed by atoms with Gasteiger partial charge in [-0.1, -0.05) is 17.3 Å². The SMILES string of the molecule is Cc1cc(C(=O)Nc2cccc(-c3ccn[nH]3)c2)on1. The van der Waals surface area contributed by atoms with E-state index in [2.05, 4.69) is 20.7 Å². The molecule has 0 aliphatic rings. The van der Waals surface area contributed by atoms with E-state index < -0.39 is 0 Å². The van der Waals surface area contributed by atoms with Crippen molar-refractivity contribution in [2.75, 3.05) is 5.32 Å². The van der Waals surface area contributed by atoms with Gasteiger partial charge in [0.25, 0.3) is 5.91 Å². The van der Waals surface area contributed by atoms with Gasteiger partial charge < -0.3 is 9.84 Å². The summed E-state index contributed by atoms with van der Waals surface area (Å²) in [5.74, 6) is -0.137. The van der Waals surface area contributed by atoms with E-state index in [9.17, 15) is 4.79 Å². The molecule has 0 saturated heterocycles. The maximum atomic E-state index is 12.0. The summed E-state index contributed by atoms with van der Waals surface area (Å²) >= 11 is 0. The van der Waals surface area contributed by atoms with Gasteiger partial charge in [-0.25, -0.2) is 0 Å². The molecule has 0 unspecified atom stereocenters. The van der Waals surface area contributed by atoms with Gasteiger partial charge in [0, 0.05) is 23.5 Å². The van der Waals surface area contributed by atoms with Crippen molar-refractivity contribution < 1.29 is 9.32 Å². The Balaban J connectivity index is 1.81. The Morgan fingerprint density at radius 3 is 2.90 bits per heavy atom. The first-order chi connectivity index (χ1) is 9.72. The van der Waals surface area contributed by atoms with Crippen molar-refractivity contribution in [1.82, 2.24) is 15.4 Å². The van der Waals surface area contributed by atoms with Crippen LogP contribution in [0.15, 0.2) is 47.1 Å². The molecule has 0 spiro atoms. The number of aromatic nitrogens is 3. The predicted molar refractivity (Wildman–Crippen MR) is 73.2 cm³/mol. The van der Waals surface area contributed by atoms with Crippen molar-refractivity contribution in [3.8, 4) is 11.3 Å². The molecule has 0 aliphatic heterocycles. The van der Waals surface area contributed by atoms with Gasteiger partial charge in [-0.2, -0.15) is 5.10 Å². The molecule has 0 bridgehead atoms. The minimum Gasteiger partial charge on any atom is -0.351 e. The Bertz CT molecular complexity index is 731. The quantitative estimate of drug-likeness (QED) is 0.764. The van der Waals surface area contributed by atoms with Crippen molar-refractivity contribution in [1.29, 1.82) is 0 Å². The van der Waals surface area contributed by atoms with Crippen molar-refractivity contribution >= 4 is 11.6 Å². The van der Waals surface area contributed by atoms with Crippen LogP contribution in [0, 0.1) is 6.92 Å². The van der Waals surface area contributed by atoms with Crippen molar-refractivity contribution in [2.24, 2.45) is 0 Å². The van der Waals surface area contributed by atoms with Crippen molar-refractivity contribution in [3.63, 3.8) is 0 Å². The van der Waals surface area contributed by atoms with Crippen LogP contribution in [0.3, 0.4) is 0 Å². The average Bonchev–Trinajstić information content (AvgIpc) is 3.10. The lowest BCUT2D eigenvalue weighted by Gasteiger charge is -2.04. The molecular weight excluding hydrogens is 256 g/mol. The van der Waals surface area contributed by atoms with Gasteiger partial charge in [-0.3, -0.25) is 9.89 Å². The zero-order chi connectivity index (χ0) is 13.9. The second kappa shape index (κ2) is 5.00. The Hall–Kier alpha value is -2.89.